The Bertz CT molecular complexity index is 238. The van der Waals surface area contributed by atoms with Crippen molar-refractivity contribution in [2.75, 3.05) is 13.6 Å². The lowest BCUT2D eigenvalue weighted by molar-refractivity contribution is 0.157. The van der Waals surface area contributed by atoms with E-state index in [1.54, 1.807) is 0 Å². The molecule has 0 rings (SSSR count). The maximum Gasteiger partial charge on any atom is 0.00640 e. The summed E-state index contributed by atoms with van der Waals surface area (Å²) in [6, 6.07) is 0.722. The van der Waals surface area contributed by atoms with Gasteiger partial charge >= 0.3 is 0 Å². The fraction of sp³-hybridized carbons (Fsp3) is 1.00. The van der Waals surface area contributed by atoms with E-state index < -0.39 is 0 Å². The Balaban J connectivity index is 4.13. The molecule has 1 heteroatoms. The molecule has 21 heavy (non-hydrogen) atoms. The van der Waals surface area contributed by atoms with E-state index in [0.717, 1.165) is 29.7 Å². The van der Waals surface area contributed by atoms with Crippen molar-refractivity contribution in [3.8, 4) is 0 Å². The van der Waals surface area contributed by atoms with Gasteiger partial charge in [0, 0.05) is 12.6 Å². The summed E-state index contributed by atoms with van der Waals surface area (Å²) in [4.78, 5) is 2.59. The lowest BCUT2D eigenvalue weighted by atomic mass is 9.82. The van der Waals surface area contributed by atoms with Gasteiger partial charge in [0.15, 0.2) is 0 Å². The van der Waals surface area contributed by atoms with Gasteiger partial charge in [-0.1, -0.05) is 67.2 Å². The Morgan fingerprint density at radius 1 is 0.810 bits per heavy atom. The Morgan fingerprint density at radius 3 is 1.95 bits per heavy atom. The van der Waals surface area contributed by atoms with Crippen LogP contribution in [0.1, 0.15) is 87.0 Å². The molecule has 0 aliphatic rings. The third kappa shape index (κ3) is 8.86. The summed E-state index contributed by atoms with van der Waals surface area (Å²) >= 11 is 0. The SMILES string of the molecule is CCCCC(C)C(C)C(C)CN(C)C(C)CCC(C)CC. The van der Waals surface area contributed by atoms with E-state index in [0.29, 0.717) is 0 Å². The van der Waals surface area contributed by atoms with Crippen LogP contribution >= 0.6 is 0 Å². The van der Waals surface area contributed by atoms with E-state index in [2.05, 4.69) is 60.4 Å². The molecule has 1 nitrogen and oxygen atoms in total. The molecule has 0 aliphatic carbocycles. The lowest BCUT2D eigenvalue weighted by Gasteiger charge is -2.33. The van der Waals surface area contributed by atoms with Gasteiger partial charge < -0.3 is 4.90 Å². The zero-order valence-corrected chi connectivity index (χ0v) is 16.3. The van der Waals surface area contributed by atoms with Crippen molar-refractivity contribution in [1.82, 2.24) is 4.90 Å². The lowest BCUT2D eigenvalue weighted by Crippen LogP contribution is -2.36. The molecule has 0 bridgehead atoms. The molecule has 0 aromatic heterocycles. The molecule has 0 aromatic carbocycles. The zero-order valence-electron chi connectivity index (χ0n) is 16.3. The van der Waals surface area contributed by atoms with Crippen LogP contribution in [0, 0.1) is 23.7 Å². The van der Waals surface area contributed by atoms with Gasteiger partial charge in [-0.2, -0.15) is 0 Å². The first kappa shape index (κ1) is 21.0. The van der Waals surface area contributed by atoms with Crippen LogP contribution < -0.4 is 0 Å². The average molecular weight is 298 g/mol. The standard InChI is InChI=1S/C20H43N/c1-9-11-12-17(4)20(7)18(5)15-21(8)19(6)14-13-16(3)10-2/h16-20H,9-15H2,1-8H3. The number of unbranched alkanes of at least 4 members (excludes halogenated alkanes) is 1. The number of hydrogen-bond acceptors (Lipinski definition) is 1. The number of nitrogens with zero attached hydrogens (tertiary/aromatic N) is 1. The third-order valence-corrected chi connectivity index (χ3v) is 5.91. The molecule has 0 saturated heterocycles. The van der Waals surface area contributed by atoms with E-state index in [1.165, 1.54) is 45.1 Å². The summed E-state index contributed by atoms with van der Waals surface area (Å²) in [6.07, 6.45) is 8.16. The van der Waals surface area contributed by atoms with Crippen molar-refractivity contribution in [1.29, 1.82) is 0 Å². The molecule has 0 spiro atoms. The average Bonchev–Trinajstić information content (AvgIpc) is 2.48. The molecule has 5 unspecified atom stereocenters. The first-order valence-electron chi connectivity index (χ1n) is 9.53. The minimum atomic E-state index is 0.722. The molecule has 0 radical (unpaired) electrons. The van der Waals surface area contributed by atoms with E-state index >= 15 is 0 Å². The van der Waals surface area contributed by atoms with Crippen molar-refractivity contribution in [2.45, 2.75) is 93.0 Å². The van der Waals surface area contributed by atoms with Gasteiger partial charge in [-0.3, -0.25) is 0 Å². The maximum absolute atomic E-state index is 2.59. The zero-order chi connectivity index (χ0) is 16.4. The molecule has 5 atom stereocenters. The first-order chi connectivity index (χ1) is 9.83. The molecule has 0 amide bonds. The predicted octanol–water partition coefficient (Wildman–Crippen LogP) is 6.23. The summed E-state index contributed by atoms with van der Waals surface area (Å²) < 4.78 is 0. The normalized spacial score (nSPS) is 19.3. The van der Waals surface area contributed by atoms with Crippen LogP contribution in [0.15, 0.2) is 0 Å². The third-order valence-electron chi connectivity index (χ3n) is 5.91. The summed E-state index contributed by atoms with van der Waals surface area (Å²) in [5.74, 6) is 3.38. The predicted molar refractivity (Wildman–Crippen MR) is 97.8 cm³/mol. The molecule has 128 valence electrons. The van der Waals surface area contributed by atoms with Crippen LogP contribution in [0.3, 0.4) is 0 Å². The second-order valence-electron chi connectivity index (χ2n) is 7.84. The van der Waals surface area contributed by atoms with Crippen molar-refractivity contribution in [3.63, 3.8) is 0 Å². The van der Waals surface area contributed by atoms with E-state index in [4.69, 9.17) is 0 Å². The quantitative estimate of drug-likeness (QED) is 0.412. The minimum absolute atomic E-state index is 0.722. The Labute approximate surface area is 135 Å². The summed E-state index contributed by atoms with van der Waals surface area (Å²) in [5, 5.41) is 0. The van der Waals surface area contributed by atoms with Crippen molar-refractivity contribution < 1.29 is 0 Å². The largest absolute Gasteiger partial charge is 0.303 e. The summed E-state index contributed by atoms with van der Waals surface area (Å²) in [5.41, 5.74) is 0. The fourth-order valence-electron chi connectivity index (χ4n) is 3.10. The highest BCUT2D eigenvalue weighted by molar-refractivity contribution is 4.73. The van der Waals surface area contributed by atoms with E-state index in [9.17, 15) is 0 Å². The molecule has 0 saturated carbocycles. The molecule has 0 heterocycles. The maximum atomic E-state index is 2.59. The number of hydrogen-bond donors (Lipinski definition) is 0. The molecule has 0 N–H and O–H groups in total. The van der Waals surface area contributed by atoms with E-state index in [-0.39, 0.29) is 0 Å². The Morgan fingerprint density at radius 2 is 1.43 bits per heavy atom. The minimum Gasteiger partial charge on any atom is -0.303 e. The van der Waals surface area contributed by atoms with Crippen molar-refractivity contribution in [2.24, 2.45) is 23.7 Å². The molecular weight excluding hydrogens is 254 g/mol. The van der Waals surface area contributed by atoms with Crippen LogP contribution in [-0.2, 0) is 0 Å². The highest BCUT2D eigenvalue weighted by atomic mass is 15.1. The van der Waals surface area contributed by atoms with Crippen LogP contribution in [-0.4, -0.2) is 24.5 Å². The highest BCUT2D eigenvalue weighted by Crippen LogP contribution is 2.26. The van der Waals surface area contributed by atoms with Gasteiger partial charge in [0.1, 0.15) is 0 Å². The van der Waals surface area contributed by atoms with Crippen molar-refractivity contribution in [3.05, 3.63) is 0 Å². The molecule has 0 fully saturated rings. The molecule has 0 aliphatic heterocycles. The van der Waals surface area contributed by atoms with Gasteiger partial charge in [-0.25, -0.2) is 0 Å². The fourth-order valence-corrected chi connectivity index (χ4v) is 3.10. The summed E-state index contributed by atoms with van der Waals surface area (Å²) in [7, 11) is 2.32. The van der Waals surface area contributed by atoms with Crippen LogP contribution in [0.4, 0.5) is 0 Å². The van der Waals surface area contributed by atoms with Gasteiger partial charge in [-0.15, -0.1) is 0 Å². The second-order valence-corrected chi connectivity index (χ2v) is 7.84. The van der Waals surface area contributed by atoms with E-state index in [1.807, 2.05) is 0 Å². The first-order valence-corrected chi connectivity index (χ1v) is 9.53. The van der Waals surface area contributed by atoms with Crippen LogP contribution in [0.25, 0.3) is 0 Å². The smallest absolute Gasteiger partial charge is 0.00640 e. The van der Waals surface area contributed by atoms with Crippen LogP contribution in [0.2, 0.25) is 0 Å². The molecular formula is C20H43N. The topological polar surface area (TPSA) is 3.24 Å². The Kier molecular flexibility index (Phi) is 11.5. The molecule has 0 aromatic rings. The van der Waals surface area contributed by atoms with Crippen molar-refractivity contribution >= 4 is 0 Å². The van der Waals surface area contributed by atoms with Gasteiger partial charge in [0.25, 0.3) is 0 Å². The Hall–Kier alpha value is -0.0400. The number of rotatable bonds is 12. The van der Waals surface area contributed by atoms with Gasteiger partial charge in [0.05, 0.1) is 0 Å². The highest BCUT2D eigenvalue weighted by Gasteiger charge is 2.21. The summed E-state index contributed by atoms with van der Waals surface area (Å²) in [6.45, 7) is 18.0. The van der Waals surface area contributed by atoms with Crippen LogP contribution in [0.5, 0.6) is 0 Å². The second kappa shape index (κ2) is 11.5. The monoisotopic (exact) mass is 297 g/mol. The van der Waals surface area contributed by atoms with Gasteiger partial charge in [0.2, 0.25) is 0 Å². The van der Waals surface area contributed by atoms with Gasteiger partial charge in [-0.05, 0) is 50.5 Å².